The number of aromatic nitrogens is 3. The standard InChI is InChI=1S/C40H33N3/c1-3-13-29(14-4-1)36-27-31(28-37(42-36)35-17-9-12-26-41-35)40(24-10-2-11-25-40)30-20-22-32(23-21-30)43-38-18-7-5-15-33(38)34-16-6-8-19-39(34)43/h1,3-9,12-23,26-28H,2,10-11,24-25H2. The molecule has 8 rings (SSSR count). The Bertz CT molecular complexity index is 1920. The zero-order chi connectivity index (χ0) is 28.6. The first-order valence-electron chi connectivity index (χ1n) is 15.4. The Labute approximate surface area is 252 Å². The lowest BCUT2D eigenvalue weighted by Crippen LogP contribution is -2.30. The van der Waals surface area contributed by atoms with E-state index in [1.165, 1.54) is 57.9 Å². The summed E-state index contributed by atoms with van der Waals surface area (Å²) >= 11 is 0. The predicted octanol–water partition coefficient (Wildman–Crippen LogP) is 10.2. The molecular formula is C40H33N3. The second-order valence-electron chi connectivity index (χ2n) is 11.8. The molecule has 43 heavy (non-hydrogen) atoms. The summed E-state index contributed by atoms with van der Waals surface area (Å²) in [5.41, 5.74) is 10.3. The predicted molar refractivity (Wildman–Crippen MR) is 178 cm³/mol. The highest BCUT2D eigenvalue weighted by Gasteiger charge is 2.36. The van der Waals surface area contributed by atoms with Gasteiger partial charge in [0, 0.05) is 33.6 Å². The second kappa shape index (κ2) is 10.7. The van der Waals surface area contributed by atoms with E-state index in [9.17, 15) is 0 Å². The van der Waals surface area contributed by atoms with Crippen LogP contribution in [-0.4, -0.2) is 14.5 Å². The first-order chi connectivity index (χ1) is 21.3. The quantitative estimate of drug-likeness (QED) is 0.212. The van der Waals surface area contributed by atoms with Crippen molar-refractivity contribution in [1.29, 1.82) is 0 Å². The maximum absolute atomic E-state index is 5.13. The Morgan fingerprint density at radius 2 is 1.14 bits per heavy atom. The van der Waals surface area contributed by atoms with Crippen molar-refractivity contribution in [3.63, 3.8) is 0 Å². The molecule has 0 aliphatic heterocycles. The highest BCUT2D eigenvalue weighted by molar-refractivity contribution is 6.09. The molecule has 0 atom stereocenters. The number of hydrogen-bond donors (Lipinski definition) is 0. The van der Waals surface area contributed by atoms with Gasteiger partial charge in [0.25, 0.3) is 0 Å². The van der Waals surface area contributed by atoms with Crippen molar-refractivity contribution < 1.29 is 0 Å². The summed E-state index contributed by atoms with van der Waals surface area (Å²) < 4.78 is 2.40. The molecule has 3 nitrogen and oxygen atoms in total. The zero-order valence-electron chi connectivity index (χ0n) is 24.2. The molecule has 208 valence electrons. The van der Waals surface area contributed by atoms with Gasteiger partial charge in [0.15, 0.2) is 0 Å². The third-order valence-corrected chi connectivity index (χ3v) is 9.34. The van der Waals surface area contributed by atoms with Gasteiger partial charge in [-0.25, -0.2) is 4.98 Å². The van der Waals surface area contributed by atoms with Crippen LogP contribution in [0.2, 0.25) is 0 Å². The van der Waals surface area contributed by atoms with E-state index in [1.807, 2.05) is 18.3 Å². The fourth-order valence-electron chi connectivity index (χ4n) is 7.24. The molecule has 3 heteroatoms. The number of hydrogen-bond acceptors (Lipinski definition) is 2. The Morgan fingerprint density at radius 1 is 0.512 bits per heavy atom. The minimum absolute atomic E-state index is 0.0758. The molecule has 1 aliphatic rings. The van der Waals surface area contributed by atoms with Crippen molar-refractivity contribution >= 4 is 21.8 Å². The number of rotatable bonds is 5. The summed E-state index contributed by atoms with van der Waals surface area (Å²) in [5.74, 6) is 0. The molecule has 1 aliphatic carbocycles. The van der Waals surface area contributed by atoms with Crippen molar-refractivity contribution in [2.45, 2.75) is 37.5 Å². The Kier molecular flexibility index (Phi) is 6.37. The third kappa shape index (κ3) is 4.44. The summed E-state index contributed by atoms with van der Waals surface area (Å²) in [6.07, 6.45) is 7.83. The lowest BCUT2D eigenvalue weighted by atomic mass is 9.65. The van der Waals surface area contributed by atoms with Crippen molar-refractivity contribution in [2.24, 2.45) is 0 Å². The molecule has 3 heterocycles. The van der Waals surface area contributed by atoms with E-state index in [2.05, 4.69) is 126 Å². The SMILES string of the molecule is c1ccc(-c2cc(C3(c4ccc(-n5c6ccccc6c6ccccc65)cc4)CCCCC3)cc(-c3ccccn3)n2)cc1. The van der Waals surface area contributed by atoms with Gasteiger partial charge in [-0.15, -0.1) is 0 Å². The maximum Gasteiger partial charge on any atom is 0.0896 e. The fourth-order valence-corrected chi connectivity index (χ4v) is 7.24. The molecule has 4 aromatic carbocycles. The van der Waals surface area contributed by atoms with Crippen molar-refractivity contribution in [3.8, 4) is 28.3 Å². The topological polar surface area (TPSA) is 30.7 Å². The summed E-state index contributed by atoms with van der Waals surface area (Å²) in [4.78, 5) is 9.82. The molecule has 1 saturated carbocycles. The average molecular weight is 556 g/mol. The molecule has 7 aromatic rings. The van der Waals surface area contributed by atoms with Crippen LogP contribution in [0.4, 0.5) is 0 Å². The van der Waals surface area contributed by atoms with Crippen LogP contribution < -0.4 is 0 Å². The molecule has 3 aromatic heterocycles. The fraction of sp³-hybridized carbons (Fsp3) is 0.150. The Morgan fingerprint density at radius 3 is 1.81 bits per heavy atom. The Hall–Kier alpha value is -5.02. The van der Waals surface area contributed by atoms with Gasteiger partial charge in [0.2, 0.25) is 0 Å². The zero-order valence-corrected chi connectivity index (χ0v) is 24.2. The van der Waals surface area contributed by atoms with Crippen LogP contribution in [0.1, 0.15) is 43.2 Å². The number of para-hydroxylation sites is 2. The van der Waals surface area contributed by atoms with Crippen molar-refractivity contribution in [1.82, 2.24) is 14.5 Å². The molecule has 0 bridgehead atoms. The van der Waals surface area contributed by atoms with E-state index < -0.39 is 0 Å². The monoisotopic (exact) mass is 555 g/mol. The normalized spacial score (nSPS) is 14.7. The molecule has 0 radical (unpaired) electrons. The highest BCUT2D eigenvalue weighted by atomic mass is 15.0. The van der Waals surface area contributed by atoms with E-state index in [1.54, 1.807) is 0 Å². The van der Waals surface area contributed by atoms with Gasteiger partial charge in [-0.1, -0.05) is 104 Å². The first kappa shape index (κ1) is 25.7. The minimum atomic E-state index is -0.0758. The van der Waals surface area contributed by atoms with Gasteiger partial charge in [-0.3, -0.25) is 4.98 Å². The van der Waals surface area contributed by atoms with Crippen molar-refractivity contribution in [3.05, 3.63) is 151 Å². The van der Waals surface area contributed by atoms with Gasteiger partial charge in [-0.2, -0.15) is 0 Å². The van der Waals surface area contributed by atoms with Crippen LogP contribution in [0.25, 0.3) is 50.1 Å². The first-order valence-corrected chi connectivity index (χ1v) is 15.4. The van der Waals surface area contributed by atoms with E-state index in [0.29, 0.717) is 0 Å². The molecule has 0 amide bonds. The van der Waals surface area contributed by atoms with Crippen molar-refractivity contribution in [2.75, 3.05) is 0 Å². The van der Waals surface area contributed by atoms with Crippen LogP contribution in [0.5, 0.6) is 0 Å². The summed E-state index contributed by atoms with van der Waals surface area (Å²) in [5, 5.41) is 2.58. The lowest BCUT2D eigenvalue weighted by molar-refractivity contribution is 0.346. The average Bonchev–Trinajstić information content (AvgIpc) is 3.44. The maximum atomic E-state index is 5.13. The van der Waals surface area contributed by atoms with Gasteiger partial charge in [-0.05, 0) is 72.5 Å². The lowest BCUT2D eigenvalue weighted by Gasteiger charge is -2.39. The molecule has 0 saturated heterocycles. The Balaban J connectivity index is 1.29. The number of nitrogens with zero attached hydrogens (tertiary/aromatic N) is 3. The van der Waals surface area contributed by atoms with Crippen LogP contribution in [0, 0.1) is 0 Å². The van der Waals surface area contributed by atoms with E-state index in [0.717, 1.165) is 35.5 Å². The van der Waals surface area contributed by atoms with E-state index in [-0.39, 0.29) is 5.41 Å². The molecule has 0 N–H and O–H groups in total. The molecule has 0 spiro atoms. The summed E-state index contributed by atoms with van der Waals surface area (Å²) in [6.45, 7) is 0. The van der Waals surface area contributed by atoms with Gasteiger partial charge in [0.1, 0.15) is 0 Å². The van der Waals surface area contributed by atoms with Gasteiger partial charge < -0.3 is 4.57 Å². The number of pyridine rings is 2. The smallest absolute Gasteiger partial charge is 0.0896 e. The van der Waals surface area contributed by atoms with Crippen LogP contribution >= 0.6 is 0 Å². The summed E-state index contributed by atoms with van der Waals surface area (Å²) in [6, 6.07) is 48.1. The summed E-state index contributed by atoms with van der Waals surface area (Å²) in [7, 11) is 0. The highest BCUT2D eigenvalue weighted by Crippen LogP contribution is 2.46. The van der Waals surface area contributed by atoms with Crippen LogP contribution in [0.15, 0.2) is 140 Å². The number of fused-ring (bicyclic) bond motifs is 3. The van der Waals surface area contributed by atoms with Crippen LogP contribution in [0.3, 0.4) is 0 Å². The molecule has 0 unspecified atom stereocenters. The van der Waals surface area contributed by atoms with Crippen LogP contribution in [-0.2, 0) is 5.41 Å². The molecule has 1 fully saturated rings. The largest absolute Gasteiger partial charge is 0.309 e. The van der Waals surface area contributed by atoms with E-state index in [4.69, 9.17) is 9.97 Å². The van der Waals surface area contributed by atoms with E-state index >= 15 is 0 Å². The van der Waals surface area contributed by atoms with Gasteiger partial charge >= 0.3 is 0 Å². The minimum Gasteiger partial charge on any atom is -0.309 e. The molecular weight excluding hydrogens is 522 g/mol. The number of benzene rings is 4. The second-order valence-corrected chi connectivity index (χ2v) is 11.8. The third-order valence-electron chi connectivity index (χ3n) is 9.34. The van der Waals surface area contributed by atoms with Gasteiger partial charge in [0.05, 0.1) is 28.1 Å².